The maximum Gasteiger partial charge on any atom is 0.339 e. The third-order valence-corrected chi connectivity index (χ3v) is 2.78. The smallest absolute Gasteiger partial charge is 0.339 e. The Labute approximate surface area is 114 Å². The number of rotatable bonds is 3. The Morgan fingerprint density at radius 1 is 1.21 bits per heavy atom. The van der Waals surface area contributed by atoms with E-state index in [1.165, 1.54) is 18.2 Å². The number of aryl methyl sites for hydroxylation is 1. The van der Waals surface area contributed by atoms with Crippen molar-refractivity contribution in [3.63, 3.8) is 0 Å². The molecule has 0 saturated carbocycles. The molecule has 0 aliphatic rings. The number of carbonyl (C=O) groups is 1. The quantitative estimate of drug-likeness (QED) is 0.913. The molecule has 0 aliphatic heterocycles. The van der Waals surface area contributed by atoms with Crippen LogP contribution in [-0.4, -0.2) is 11.1 Å². The Kier molecular flexibility index (Phi) is 3.71. The molecule has 0 aromatic heterocycles. The van der Waals surface area contributed by atoms with E-state index in [0.717, 1.165) is 11.6 Å². The van der Waals surface area contributed by atoms with Gasteiger partial charge in [-0.05, 0) is 42.8 Å². The van der Waals surface area contributed by atoms with Gasteiger partial charge < -0.3 is 9.84 Å². The van der Waals surface area contributed by atoms with E-state index in [1.807, 2.05) is 6.92 Å². The van der Waals surface area contributed by atoms with Gasteiger partial charge in [0.05, 0.1) is 5.02 Å². The highest BCUT2D eigenvalue weighted by molar-refractivity contribution is 6.32. The molecule has 0 aliphatic carbocycles. The SMILES string of the molecule is Cc1ccc(C(=O)O)c(Oc2ccc(F)cc2Cl)c1. The highest BCUT2D eigenvalue weighted by Gasteiger charge is 2.13. The molecule has 2 aromatic carbocycles. The van der Waals surface area contributed by atoms with Crippen LogP contribution in [0, 0.1) is 12.7 Å². The molecule has 0 fully saturated rings. The lowest BCUT2D eigenvalue weighted by Crippen LogP contribution is -2.00. The van der Waals surface area contributed by atoms with Gasteiger partial charge in [0.25, 0.3) is 0 Å². The molecule has 0 spiro atoms. The number of ether oxygens (including phenoxy) is 1. The topological polar surface area (TPSA) is 46.5 Å². The van der Waals surface area contributed by atoms with Crippen molar-refractivity contribution < 1.29 is 19.0 Å². The molecule has 0 unspecified atom stereocenters. The number of benzene rings is 2. The largest absolute Gasteiger partial charge is 0.478 e. The molecule has 98 valence electrons. The normalized spacial score (nSPS) is 10.3. The van der Waals surface area contributed by atoms with Crippen molar-refractivity contribution in [1.82, 2.24) is 0 Å². The van der Waals surface area contributed by atoms with Gasteiger partial charge in [-0.1, -0.05) is 17.7 Å². The van der Waals surface area contributed by atoms with Gasteiger partial charge in [-0.2, -0.15) is 0 Å². The lowest BCUT2D eigenvalue weighted by molar-refractivity contribution is 0.0694. The summed E-state index contributed by atoms with van der Waals surface area (Å²) < 4.78 is 18.4. The molecule has 5 heteroatoms. The van der Waals surface area contributed by atoms with Gasteiger partial charge in [-0.25, -0.2) is 9.18 Å². The van der Waals surface area contributed by atoms with E-state index in [4.69, 9.17) is 21.4 Å². The average Bonchev–Trinajstić information content (AvgIpc) is 2.32. The Balaban J connectivity index is 2.42. The van der Waals surface area contributed by atoms with Gasteiger partial charge in [0.15, 0.2) is 0 Å². The van der Waals surface area contributed by atoms with Gasteiger partial charge >= 0.3 is 5.97 Å². The molecule has 0 heterocycles. The van der Waals surface area contributed by atoms with Gasteiger partial charge in [0.1, 0.15) is 22.9 Å². The fraction of sp³-hybridized carbons (Fsp3) is 0.0714. The zero-order valence-corrected chi connectivity index (χ0v) is 10.7. The number of halogens is 2. The molecule has 3 nitrogen and oxygen atoms in total. The summed E-state index contributed by atoms with van der Waals surface area (Å²) in [4.78, 5) is 11.1. The van der Waals surface area contributed by atoms with Gasteiger partial charge in [0.2, 0.25) is 0 Å². The second-order valence-corrected chi connectivity index (χ2v) is 4.39. The van der Waals surface area contributed by atoms with Gasteiger partial charge in [-0.3, -0.25) is 0 Å². The predicted molar refractivity (Wildman–Crippen MR) is 69.6 cm³/mol. The fourth-order valence-electron chi connectivity index (χ4n) is 1.57. The van der Waals surface area contributed by atoms with Crippen molar-refractivity contribution in [2.75, 3.05) is 0 Å². The number of aromatic carboxylic acids is 1. The lowest BCUT2D eigenvalue weighted by Gasteiger charge is -2.10. The summed E-state index contributed by atoms with van der Waals surface area (Å²) >= 11 is 5.84. The van der Waals surface area contributed by atoms with Crippen LogP contribution in [0.3, 0.4) is 0 Å². The Hall–Kier alpha value is -2.07. The molecule has 2 rings (SSSR count). The van der Waals surface area contributed by atoms with E-state index < -0.39 is 11.8 Å². The van der Waals surface area contributed by atoms with Gasteiger partial charge in [0, 0.05) is 0 Å². The zero-order valence-electron chi connectivity index (χ0n) is 9.98. The summed E-state index contributed by atoms with van der Waals surface area (Å²) in [6, 6.07) is 8.35. The van der Waals surface area contributed by atoms with Crippen LogP contribution in [-0.2, 0) is 0 Å². The molecular formula is C14H10ClFO3. The molecule has 0 bridgehead atoms. The molecule has 19 heavy (non-hydrogen) atoms. The van der Waals surface area contributed by atoms with Crippen LogP contribution in [0.4, 0.5) is 4.39 Å². The molecule has 1 N–H and O–H groups in total. The summed E-state index contributed by atoms with van der Waals surface area (Å²) in [6.45, 7) is 1.81. The lowest BCUT2D eigenvalue weighted by atomic mass is 10.1. The average molecular weight is 281 g/mol. The Morgan fingerprint density at radius 3 is 2.58 bits per heavy atom. The van der Waals surface area contributed by atoms with Crippen molar-refractivity contribution in [1.29, 1.82) is 0 Å². The third-order valence-electron chi connectivity index (χ3n) is 2.48. The number of carboxylic acids is 1. The first-order valence-electron chi connectivity index (χ1n) is 5.44. The van der Waals surface area contributed by atoms with Crippen LogP contribution in [0.15, 0.2) is 36.4 Å². The van der Waals surface area contributed by atoms with Crippen molar-refractivity contribution in [2.45, 2.75) is 6.92 Å². The van der Waals surface area contributed by atoms with Crippen molar-refractivity contribution in [3.05, 3.63) is 58.4 Å². The molecule has 0 saturated heterocycles. The first-order valence-corrected chi connectivity index (χ1v) is 5.82. The molecule has 0 amide bonds. The van der Waals surface area contributed by atoms with Gasteiger partial charge in [-0.15, -0.1) is 0 Å². The first kappa shape index (κ1) is 13.4. The van der Waals surface area contributed by atoms with Crippen LogP contribution >= 0.6 is 11.6 Å². The second kappa shape index (κ2) is 5.28. The van der Waals surface area contributed by atoms with Crippen molar-refractivity contribution in [2.24, 2.45) is 0 Å². The van der Waals surface area contributed by atoms with Crippen LogP contribution < -0.4 is 4.74 Å². The number of hydrogen-bond donors (Lipinski definition) is 1. The number of hydrogen-bond acceptors (Lipinski definition) is 2. The monoisotopic (exact) mass is 280 g/mol. The minimum absolute atomic E-state index is 0.0194. The molecule has 2 aromatic rings. The molecule has 0 radical (unpaired) electrons. The first-order chi connectivity index (χ1) is 8.97. The van der Waals surface area contributed by atoms with E-state index in [9.17, 15) is 9.18 Å². The van der Waals surface area contributed by atoms with Crippen LogP contribution in [0.5, 0.6) is 11.5 Å². The summed E-state index contributed by atoms with van der Waals surface area (Å²) in [6.07, 6.45) is 0. The van der Waals surface area contributed by atoms with Crippen LogP contribution in [0.1, 0.15) is 15.9 Å². The highest BCUT2D eigenvalue weighted by Crippen LogP contribution is 2.32. The van der Waals surface area contributed by atoms with E-state index in [-0.39, 0.29) is 22.1 Å². The highest BCUT2D eigenvalue weighted by atomic mass is 35.5. The van der Waals surface area contributed by atoms with E-state index in [0.29, 0.717) is 0 Å². The summed E-state index contributed by atoms with van der Waals surface area (Å²) in [5.74, 6) is -1.22. The summed E-state index contributed by atoms with van der Waals surface area (Å²) in [5, 5.41) is 9.16. The predicted octanol–water partition coefficient (Wildman–Crippen LogP) is 4.28. The standard InChI is InChI=1S/C14H10ClFO3/c1-8-2-4-10(14(17)18)13(6-8)19-12-5-3-9(16)7-11(12)15/h2-7H,1H3,(H,17,18). The van der Waals surface area contributed by atoms with E-state index >= 15 is 0 Å². The third kappa shape index (κ3) is 3.03. The van der Waals surface area contributed by atoms with Crippen LogP contribution in [0.2, 0.25) is 5.02 Å². The number of carboxylic acid groups (broad SMARTS) is 1. The molecular weight excluding hydrogens is 271 g/mol. The summed E-state index contributed by atoms with van der Waals surface area (Å²) in [5.41, 5.74) is 0.865. The minimum atomic E-state index is -1.10. The second-order valence-electron chi connectivity index (χ2n) is 3.98. The van der Waals surface area contributed by atoms with E-state index in [2.05, 4.69) is 0 Å². The summed E-state index contributed by atoms with van der Waals surface area (Å²) in [7, 11) is 0. The van der Waals surface area contributed by atoms with Crippen LogP contribution in [0.25, 0.3) is 0 Å². The molecule has 0 atom stereocenters. The minimum Gasteiger partial charge on any atom is -0.478 e. The van der Waals surface area contributed by atoms with Crippen molar-refractivity contribution in [3.8, 4) is 11.5 Å². The zero-order chi connectivity index (χ0) is 14.0. The van der Waals surface area contributed by atoms with Crippen molar-refractivity contribution >= 4 is 17.6 Å². The maximum absolute atomic E-state index is 12.9. The Morgan fingerprint density at radius 2 is 1.95 bits per heavy atom. The maximum atomic E-state index is 12.9. The fourth-order valence-corrected chi connectivity index (χ4v) is 1.77. The van der Waals surface area contributed by atoms with E-state index in [1.54, 1.807) is 12.1 Å². The Bertz CT molecular complexity index is 641.